The Bertz CT molecular complexity index is 691. The molecule has 3 aromatic rings. The predicted octanol–water partition coefficient (Wildman–Crippen LogP) is 2.76. The fourth-order valence-electron chi connectivity index (χ4n) is 2.13. The van der Waals surface area contributed by atoms with Gasteiger partial charge >= 0.3 is 0 Å². The van der Waals surface area contributed by atoms with Gasteiger partial charge in [-0.3, -0.25) is 5.10 Å². The van der Waals surface area contributed by atoms with Gasteiger partial charge in [-0.25, -0.2) is 0 Å². The second-order valence-corrected chi connectivity index (χ2v) is 4.34. The van der Waals surface area contributed by atoms with Gasteiger partial charge in [-0.1, -0.05) is 12.1 Å². The van der Waals surface area contributed by atoms with Crippen LogP contribution in [0.25, 0.3) is 22.2 Å². The summed E-state index contributed by atoms with van der Waals surface area (Å²) in [5.41, 5.74) is 11.3. The van der Waals surface area contributed by atoms with E-state index >= 15 is 0 Å². The molecule has 4 nitrogen and oxygen atoms in total. The van der Waals surface area contributed by atoms with Gasteiger partial charge in [0.1, 0.15) is 5.82 Å². The molecule has 0 radical (unpaired) electrons. The van der Waals surface area contributed by atoms with Crippen LogP contribution in [-0.4, -0.2) is 15.2 Å². The fourth-order valence-corrected chi connectivity index (χ4v) is 2.13. The Labute approximate surface area is 98.8 Å². The summed E-state index contributed by atoms with van der Waals surface area (Å²) >= 11 is 0. The molecule has 0 spiro atoms. The van der Waals surface area contributed by atoms with Crippen LogP contribution in [-0.2, 0) is 0 Å². The molecular weight excluding hydrogens is 212 g/mol. The van der Waals surface area contributed by atoms with Crippen molar-refractivity contribution >= 4 is 16.7 Å². The molecule has 4 N–H and O–H groups in total. The van der Waals surface area contributed by atoms with Gasteiger partial charge in [0.05, 0.1) is 5.69 Å². The molecule has 0 saturated heterocycles. The second-order valence-electron chi connectivity index (χ2n) is 4.34. The maximum Gasteiger partial charge on any atom is 0.145 e. The van der Waals surface area contributed by atoms with E-state index in [1.54, 1.807) is 0 Å². The van der Waals surface area contributed by atoms with Gasteiger partial charge in [0.2, 0.25) is 0 Å². The summed E-state index contributed by atoms with van der Waals surface area (Å²) in [7, 11) is 0. The van der Waals surface area contributed by atoms with E-state index in [1.165, 1.54) is 16.6 Å². The summed E-state index contributed by atoms with van der Waals surface area (Å²) in [6, 6.07) is 8.15. The lowest BCUT2D eigenvalue weighted by Crippen LogP contribution is -1.81. The molecular formula is C13H14N4. The lowest BCUT2D eigenvalue weighted by atomic mass is 10.1. The topological polar surface area (TPSA) is 70.5 Å². The SMILES string of the molecule is Cc1[nH]c2cc(-c3cc(N)n[nH]3)ccc2c1C. The van der Waals surface area contributed by atoms with Crippen LogP contribution in [0.1, 0.15) is 11.3 Å². The van der Waals surface area contributed by atoms with E-state index in [2.05, 4.69) is 47.2 Å². The molecule has 0 bridgehead atoms. The number of fused-ring (bicyclic) bond motifs is 1. The van der Waals surface area contributed by atoms with Gasteiger partial charge in [0.25, 0.3) is 0 Å². The molecule has 0 aliphatic heterocycles. The monoisotopic (exact) mass is 226 g/mol. The molecule has 4 heteroatoms. The molecule has 0 atom stereocenters. The third-order valence-electron chi connectivity index (χ3n) is 3.22. The minimum Gasteiger partial charge on any atom is -0.382 e. The lowest BCUT2D eigenvalue weighted by Gasteiger charge is -1.98. The summed E-state index contributed by atoms with van der Waals surface area (Å²) in [4.78, 5) is 3.38. The van der Waals surface area contributed by atoms with E-state index in [4.69, 9.17) is 5.73 Å². The number of H-pyrrole nitrogens is 2. The number of nitrogens with one attached hydrogen (secondary N) is 2. The molecule has 2 aromatic heterocycles. The maximum absolute atomic E-state index is 5.61. The van der Waals surface area contributed by atoms with Crippen molar-refractivity contribution in [3.8, 4) is 11.3 Å². The number of aromatic nitrogens is 3. The summed E-state index contributed by atoms with van der Waals surface area (Å²) in [6.07, 6.45) is 0. The number of nitrogens with zero attached hydrogens (tertiary/aromatic N) is 1. The van der Waals surface area contributed by atoms with Gasteiger partial charge in [-0.2, -0.15) is 5.10 Å². The Morgan fingerprint density at radius 3 is 2.71 bits per heavy atom. The van der Waals surface area contributed by atoms with Crippen molar-refractivity contribution in [2.45, 2.75) is 13.8 Å². The highest BCUT2D eigenvalue weighted by molar-refractivity contribution is 5.88. The van der Waals surface area contributed by atoms with Crippen molar-refractivity contribution in [3.63, 3.8) is 0 Å². The number of rotatable bonds is 1. The Morgan fingerprint density at radius 2 is 2.00 bits per heavy atom. The van der Waals surface area contributed by atoms with E-state index in [9.17, 15) is 0 Å². The number of nitrogen functional groups attached to an aromatic ring is 1. The Hall–Kier alpha value is -2.23. The molecule has 2 heterocycles. The first kappa shape index (κ1) is 9.96. The van der Waals surface area contributed by atoms with Crippen molar-refractivity contribution in [2.75, 3.05) is 5.73 Å². The Kier molecular flexibility index (Phi) is 1.98. The van der Waals surface area contributed by atoms with Crippen LogP contribution in [0.2, 0.25) is 0 Å². The van der Waals surface area contributed by atoms with E-state index in [-0.39, 0.29) is 0 Å². The molecule has 17 heavy (non-hydrogen) atoms. The zero-order chi connectivity index (χ0) is 12.0. The number of nitrogens with two attached hydrogens (primary N) is 1. The first-order valence-electron chi connectivity index (χ1n) is 5.55. The zero-order valence-electron chi connectivity index (χ0n) is 9.83. The number of aryl methyl sites for hydroxylation is 2. The highest BCUT2D eigenvalue weighted by Gasteiger charge is 2.07. The summed E-state index contributed by atoms with van der Waals surface area (Å²) in [5, 5.41) is 8.12. The van der Waals surface area contributed by atoms with Gasteiger partial charge in [-0.05, 0) is 25.5 Å². The van der Waals surface area contributed by atoms with Crippen LogP contribution in [0, 0.1) is 13.8 Å². The Morgan fingerprint density at radius 1 is 1.18 bits per heavy atom. The van der Waals surface area contributed by atoms with Gasteiger partial charge in [0, 0.05) is 28.2 Å². The number of hydrogen-bond acceptors (Lipinski definition) is 2. The van der Waals surface area contributed by atoms with Crippen LogP contribution in [0.4, 0.5) is 5.82 Å². The summed E-state index contributed by atoms with van der Waals surface area (Å²) in [6.45, 7) is 4.21. The normalized spacial score (nSPS) is 11.2. The van der Waals surface area contributed by atoms with E-state index in [0.29, 0.717) is 5.82 Å². The van der Waals surface area contributed by atoms with E-state index in [1.807, 2.05) is 6.07 Å². The average Bonchev–Trinajstić information content (AvgIpc) is 2.85. The van der Waals surface area contributed by atoms with Crippen molar-refractivity contribution in [1.29, 1.82) is 0 Å². The summed E-state index contributed by atoms with van der Waals surface area (Å²) < 4.78 is 0. The van der Waals surface area contributed by atoms with Crippen LogP contribution in [0.3, 0.4) is 0 Å². The third-order valence-corrected chi connectivity index (χ3v) is 3.22. The van der Waals surface area contributed by atoms with Crippen molar-refractivity contribution < 1.29 is 0 Å². The van der Waals surface area contributed by atoms with Gasteiger partial charge in [-0.15, -0.1) is 0 Å². The van der Waals surface area contributed by atoms with Crippen LogP contribution in [0.5, 0.6) is 0 Å². The van der Waals surface area contributed by atoms with Crippen molar-refractivity contribution in [3.05, 3.63) is 35.5 Å². The molecule has 0 saturated carbocycles. The van der Waals surface area contributed by atoms with Crippen LogP contribution in [0.15, 0.2) is 24.3 Å². The minimum absolute atomic E-state index is 0.513. The smallest absolute Gasteiger partial charge is 0.145 e. The molecule has 0 aliphatic rings. The molecule has 3 rings (SSSR count). The first-order valence-corrected chi connectivity index (χ1v) is 5.55. The maximum atomic E-state index is 5.61. The third kappa shape index (κ3) is 1.49. The van der Waals surface area contributed by atoms with E-state index < -0.39 is 0 Å². The highest BCUT2D eigenvalue weighted by Crippen LogP contribution is 2.26. The first-order chi connectivity index (χ1) is 8.15. The van der Waals surface area contributed by atoms with Crippen molar-refractivity contribution in [2.24, 2.45) is 0 Å². The summed E-state index contributed by atoms with van der Waals surface area (Å²) in [5.74, 6) is 0.513. The molecule has 0 unspecified atom stereocenters. The standard InChI is InChI=1S/C13H14N4/c1-7-8(2)15-12-5-9(3-4-10(7)12)11-6-13(14)17-16-11/h3-6,15H,1-2H3,(H3,14,16,17). The van der Waals surface area contributed by atoms with Gasteiger partial charge in [0.15, 0.2) is 0 Å². The molecule has 1 aromatic carbocycles. The number of benzene rings is 1. The lowest BCUT2D eigenvalue weighted by molar-refractivity contribution is 1.10. The number of aromatic amines is 2. The number of hydrogen-bond donors (Lipinski definition) is 3. The predicted molar refractivity (Wildman–Crippen MR) is 69.8 cm³/mol. The van der Waals surface area contributed by atoms with Gasteiger partial charge < -0.3 is 10.7 Å². The molecule has 0 aliphatic carbocycles. The van der Waals surface area contributed by atoms with Crippen LogP contribution >= 0.6 is 0 Å². The van der Waals surface area contributed by atoms with Crippen molar-refractivity contribution in [1.82, 2.24) is 15.2 Å². The fraction of sp³-hybridized carbons (Fsp3) is 0.154. The average molecular weight is 226 g/mol. The molecule has 0 fully saturated rings. The minimum atomic E-state index is 0.513. The molecule has 86 valence electrons. The quantitative estimate of drug-likeness (QED) is 0.597. The molecule has 0 amide bonds. The highest BCUT2D eigenvalue weighted by atomic mass is 15.2. The number of anilines is 1. The van der Waals surface area contributed by atoms with E-state index in [0.717, 1.165) is 16.8 Å². The largest absolute Gasteiger partial charge is 0.382 e. The second kappa shape index (κ2) is 3.38. The Balaban J connectivity index is 2.20. The van der Waals surface area contributed by atoms with Crippen LogP contribution < -0.4 is 5.73 Å². The zero-order valence-corrected chi connectivity index (χ0v) is 9.83.